The molecule has 0 aliphatic carbocycles. The van der Waals surface area contributed by atoms with E-state index in [1.807, 2.05) is 30.3 Å². The molecule has 0 radical (unpaired) electrons. The van der Waals surface area contributed by atoms with Gasteiger partial charge in [-0.2, -0.15) is 0 Å². The predicted octanol–water partition coefficient (Wildman–Crippen LogP) is 5.88. The smallest absolute Gasteiger partial charge is 0.255 e. The van der Waals surface area contributed by atoms with Gasteiger partial charge in [-0.3, -0.25) is 4.79 Å². The van der Waals surface area contributed by atoms with Crippen molar-refractivity contribution >= 4 is 23.2 Å². The Hall–Kier alpha value is -2.00. The topological polar surface area (TPSA) is 32.3 Å². The van der Waals surface area contributed by atoms with Gasteiger partial charge in [0.1, 0.15) is 5.66 Å². The van der Waals surface area contributed by atoms with Crippen LogP contribution in [0.25, 0.3) is 0 Å². The number of carbonyl (C=O) groups is 1. The summed E-state index contributed by atoms with van der Waals surface area (Å²) < 4.78 is 0. The molecule has 144 valence electrons. The number of anilines is 1. The monoisotopic (exact) mass is 384 g/mol. The number of benzene rings is 2. The molecule has 1 heterocycles. The van der Waals surface area contributed by atoms with Crippen LogP contribution in [-0.2, 0) is 6.54 Å². The highest BCUT2D eigenvalue weighted by molar-refractivity contribution is 6.30. The second-order valence-electron chi connectivity index (χ2n) is 8.41. The Morgan fingerprint density at radius 1 is 0.963 bits per heavy atom. The summed E-state index contributed by atoms with van der Waals surface area (Å²) >= 11 is 6.08. The maximum atomic E-state index is 13.0. The van der Waals surface area contributed by atoms with Crippen LogP contribution in [0.4, 0.5) is 5.69 Å². The van der Waals surface area contributed by atoms with Gasteiger partial charge in [-0.1, -0.05) is 63.6 Å². The quantitative estimate of drug-likeness (QED) is 0.674. The number of hydrogen-bond acceptors (Lipinski definition) is 2. The normalized spacial score (nSPS) is 15.8. The van der Waals surface area contributed by atoms with Crippen molar-refractivity contribution in [2.45, 2.75) is 52.7 Å². The fraction of sp³-hybridized carbons (Fsp3) is 0.435. The van der Waals surface area contributed by atoms with Crippen molar-refractivity contribution in [1.82, 2.24) is 5.32 Å². The Kier molecular flexibility index (Phi) is 5.81. The molecule has 1 aliphatic rings. The molecule has 2 aromatic rings. The van der Waals surface area contributed by atoms with Crippen LogP contribution >= 0.6 is 11.6 Å². The summed E-state index contributed by atoms with van der Waals surface area (Å²) in [4.78, 5) is 15.3. The van der Waals surface area contributed by atoms with E-state index in [1.54, 1.807) is 0 Å². The van der Waals surface area contributed by atoms with Gasteiger partial charge in [0.25, 0.3) is 5.91 Å². The number of fused-ring (bicyclic) bond motifs is 1. The number of carbonyl (C=O) groups excluding carboxylic acids is 1. The van der Waals surface area contributed by atoms with Crippen LogP contribution < -0.4 is 10.2 Å². The van der Waals surface area contributed by atoms with Crippen LogP contribution in [-0.4, -0.2) is 11.6 Å². The summed E-state index contributed by atoms with van der Waals surface area (Å²) in [5.74, 6) is 0.948. The van der Waals surface area contributed by atoms with Crippen molar-refractivity contribution in [3.63, 3.8) is 0 Å². The molecule has 1 amide bonds. The van der Waals surface area contributed by atoms with Crippen LogP contribution in [0.2, 0.25) is 5.02 Å². The first kappa shape index (κ1) is 19.8. The van der Waals surface area contributed by atoms with Gasteiger partial charge in [0.15, 0.2) is 0 Å². The van der Waals surface area contributed by atoms with Gasteiger partial charge in [0.2, 0.25) is 0 Å². The van der Waals surface area contributed by atoms with Gasteiger partial charge in [-0.25, -0.2) is 0 Å². The lowest BCUT2D eigenvalue weighted by molar-refractivity contribution is 0.0837. The Balaban J connectivity index is 2.10. The number of nitrogens with one attached hydrogen (secondary N) is 1. The standard InChI is InChI=1S/C23H29ClN2O/c1-16(2)13-23(14-17(3)4)25-22(27)20-7-5-6-8-21(20)26(23)15-18-9-11-19(24)12-10-18/h5-12,16-17H,13-15H2,1-4H3,(H,25,27). The molecular weight excluding hydrogens is 356 g/mol. The molecule has 4 heteroatoms. The number of para-hydroxylation sites is 1. The van der Waals surface area contributed by atoms with Crippen molar-refractivity contribution in [1.29, 1.82) is 0 Å². The minimum Gasteiger partial charge on any atom is -0.344 e. The zero-order valence-corrected chi connectivity index (χ0v) is 17.4. The SMILES string of the molecule is CC(C)CC1(CC(C)C)NC(=O)c2ccccc2N1Cc1ccc(Cl)cc1. The Bertz CT molecular complexity index is 788. The lowest BCUT2D eigenvalue weighted by atomic mass is 9.84. The summed E-state index contributed by atoms with van der Waals surface area (Å²) in [6, 6.07) is 15.9. The number of halogens is 1. The van der Waals surface area contributed by atoms with Crippen LogP contribution in [0.15, 0.2) is 48.5 Å². The maximum Gasteiger partial charge on any atom is 0.255 e. The van der Waals surface area contributed by atoms with Crippen LogP contribution in [0.5, 0.6) is 0 Å². The fourth-order valence-corrected chi connectivity index (χ4v) is 4.37. The Labute approximate surface area is 167 Å². The van der Waals surface area contributed by atoms with Gasteiger partial charge in [0, 0.05) is 11.6 Å². The van der Waals surface area contributed by atoms with Crippen LogP contribution in [0, 0.1) is 11.8 Å². The zero-order valence-electron chi connectivity index (χ0n) is 16.6. The van der Waals surface area contributed by atoms with E-state index in [-0.39, 0.29) is 5.91 Å². The fourth-order valence-electron chi connectivity index (χ4n) is 4.24. The molecule has 0 spiro atoms. The number of hydrogen-bond donors (Lipinski definition) is 1. The van der Waals surface area contributed by atoms with Gasteiger partial charge in [-0.05, 0) is 54.5 Å². The van der Waals surface area contributed by atoms with E-state index in [0.29, 0.717) is 11.8 Å². The molecule has 0 saturated heterocycles. The number of amides is 1. The van der Waals surface area contributed by atoms with Gasteiger partial charge >= 0.3 is 0 Å². The molecule has 0 fully saturated rings. The summed E-state index contributed by atoms with van der Waals surface area (Å²) in [5.41, 5.74) is 2.54. The first-order chi connectivity index (χ1) is 12.8. The van der Waals surface area contributed by atoms with Crippen LogP contribution in [0.1, 0.15) is 56.5 Å². The zero-order chi connectivity index (χ0) is 19.6. The third-order valence-electron chi connectivity index (χ3n) is 5.05. The number of rotatable bonds is 6. The Morgan fingerprint density at radius 2 is 1.56 bits per heavy atom. The first-order valence-corrected chi connectivity index (χ1v) is 10.1. The maximum absolute atomic E-state index is 13.0. The molecule has 2 aromatic carbocycles. The van der Waals surface area contributed by atoms with Gasteiger partial charge in [-0.15, -0.1) is 0 Å². The van der Waals surface area contributed by atoms with E-state index in [1.165, 1.54) is 5.56 Å². The minimum absolute atomic E-state index is 0.0271. The van der Waals surface area contributed by atoms with Crippen molar-refractivity contribution in [3.05, 3.63) is 64.7 Å². The molecule has 0 aromatic heterocycles. The Morgan fingerprint density at radius 3 is 2.15 bits per heavy atom. The summed E-state index contributed by atoms with van der Waals surface area (Å²) in [5, 5.41) is 4.13. The van der Waals surface area contributed by atoms with E-state index in [0.717, 1.165) is 35.7 Å². The average Bonchev–Trinajstić information content (AvgIpc) is 2.59. The van der Waals surface area contributed by atoms with E-state index >= 15 is 0 Å². The summed E-state index contributed by atoms with van der Waals surface area (Å²) in [7, 11) is 0. The molecule has 1 aliphatic heterocycles. The molecule has 0 bridgehead atoms. The van der Waals surface area contributed by atoms with Crippen molar-refractivity contribution in [2.24, 2.45) is 11.8 Å². The van der Waals surface area contributed by atoms with Gasteiger partial charge in [0.05, 0.1) is 11.3 Å². The molecule has 3 nitrogen and oxygen atoms in total. The minimum atomic E-state index is -0.395. The van der Waals surface area contributed by atoms with E-state index in [2.05, 4.69) is 56.1 Å². The highest BCUT2D eigenvalue weighted by Gasteiger charge is 2.44. The lowest BCUT2D eigenvalue weighted by Gasteiger charge is -2.51. The number of nitrogens with zero attached hydrogens (tertiary/aromatic N) is 1. The summed E-state index contributed by atoms with van der Waals surface area (Å²) in [6.07, 6.45) is 1.80. The van der Waals surface area contributed by atoms with E-state index < -0.39 is 5.66 Å². The molecule has 3 rings (SSSR count). The second-order valence-corrected chi connectivity index (χ2v) is 8.85. The second kappa shape index (κ2) is 7.93. The van der Waals surface area contributed by atoms with E-state index in [9.17, 15) is 4.79 Å². The lowest BCUT2D eigenvalue weighted by Crippen LogP contribution is -2.65. The molecular formula is C23H29ClN2O. The van der Waals surface area contributed by atoms with Crippen molar-refractivity contribution in [3.8, 4) is 0 Å². The average molecular weight is 385 g/mol. The molecule has 0 unspecified atom stereocenters. The first-order valence-electron chi connectivity index (χ1n) is 9.74. The van der Waals surface area contributed by atoms with E-state index in [4.69, 9.17) is 11.6 Å². The molecule has 1 N–H and O–H groups in total. The molecule has 0 atom stereocenters. The third kappa shape index (κ3) is 4.30. The van der Waals surface area contributed by atoms with Crippen molar-refractivity contribution in [2.75, 3.05) is 4.90 Å². The highest BCUT2D eigenvalue weighted by Crippen LogP contribution is 2.39. The third-order valence-corrected chi connectivity index (χ3v) is 5.30. The largest absolute Gasteiger partial charge is 0.344 e. The van der Waals surface area contributed by atoms with Crippen molar-refractivity contribution < 1.29 is 4.79 Å². The highest BCUT2D eigenvalue weighted by atomic mass is 35.5. The molecule has 27 heavy (non-hydrogen) atoms. The summed E-state index contributed by atoms with van der Waals surface area (Å²) in [6.45, 7) is 9.60. The molecule has 0 saturated carbocycles. The predicted molar refractivity (Wildman–Crippen MR) is 113 cm³/mol. The van der Waals surface area contributed by atoms with Crippen LogP contribution in [0.3, 0.4) is 0 Å². The van der Waals surface area contributed by atoms with Gasteiger partial charge < -0.3 is 10.2 Å².